The second-order valence-corrected chi connectivity index (χ2v) is 4.36. The molecular formula is C11H21NO3. The zero-order valence-corrected chi connectivity index (χ0v) is 9.39. The van der Waals surface area contributed by atoms with E-state index in [1.807, 2.05) is 6.92 Å². The van der Waals surface area contributed by atoms with Crippen molar-refractivity contribution < 1.29 is 14.6 Å². The lowest BCUT2D eigenvalue weighted by Gasteiger charge is -2.39. The third-order valence-electron chi connectivity index (χ3n) is 3.19. The summed E-state index contributed by atoms with van der Waals surface area (Å²) in [5, 5.41) is 9.82. The minimum absolute atomic E-state index is 0.0596. The molecule has 4 heteroatoms. The molecule has 4 nitrogen and oxygen atoms in total. The molecular weight excluding hydrogens is 194 g/mol. The minimum atomic E-state index is -0.317. The quantitative estimate of drug-likeness (QED) is 0.745. The predicted octanol–water partition coefficient (Wildman–Crippen LogP) is 0.595. The minimum Gasteiger partial charge on any atom is -0.390 e. The van der Waals surface area contributed by atoms with E-state index >= 15 is 0 Å². The molecule has 0 aliphatic carbocycles. The molecule has 2 heterocycles. The van der Waals surface area contributed by atoms with Crippen LogP contribution < -0.4 is 0 Å². The van der Waals surface area contributed by atoms with Crippen molar-refractivity contribution in [2.24, 2.45) is 0 Å². The van der Waals surface area contributed by atoms with Gasteiger partial charge in [-0.25, -0.2) is 0 Å². The van der Waals surface area contributed by atoms with Gasteiger partial charge in [0.2, 0.25) is 0 Å². The molecule has 1 unspecified atom stereocenters. The maximum absolute atomic E-state index is 9.82. The van der Waals surface area contributed by atoms with E-state index in [0.717, 1.165) is 32.5 Å². The van der Waals surface area contributed by atoms with Crippen LogP contribution in [-0.2, 0) is 9.47 Å². The van der Waals surface area contributed by atoms with Crippen molar-refractivity contribution in [3.63, 3.8) is 0 Å². The van der Waals surface area contributed by atoms with Crippen molar-refractivity contribution in [1.82, 2.24) is 4.90 Å². The Balaban J connectivity index is 1.78. The Labute approximate surface area is 91.2 Å². The number of aliphatic hydroxyl groups is 1. The van der Waals surface area contributed by atoms with Crippen LogP contribution in [0.25, 0.3) is 0 Å². The summed E-state index contributed by atoms with van der Waals surface area (Å²) in [7, 11) is 0. The second-order valence-electron chi connectivity index (χ2n) is 4.36. The zero-order valence-electron chi connectivity index (χ0n) is 9.39. The van der Waals surface area contributed by atoms with Crippen molar-refractivity contribution in [2.75, 3.05) is 26.2 Å². The average Bonchev–Trinajstić information content (AvgIpc) is 2.16. The Bertz CT molecular complexity index is 196. The van der Waals surface area contributed by atoms with E-state index in [4.69, 9.17) is 9.47 Å². The van der Waals surface area contributed by atoms with Gasteiger partial charge < -0.3 is 19.5 Å². The van der Waals surface area contributed by atoms with E-state index in [1.165, 1.54) is 6.42 Å². The number of hydrogen-bond donors (Lipinski definition) is 1. The van der Waals surface area contributed by atoms with Crippen LogP contribution in [0.4, 0.5) is 0 Å². The molecule has 15 heavy (non-hydrogen) atoms. The topological polar surface area (TPSA) is 41.9 Å². The van der Waals surface area contributed by atoms with Crippen LogP contribution in [0.15, 0.2) is 0 Å². The summed E-state index contributed by atoms with van der Waals surface area (Å²) in [6.07, 6.45) is 2.40. The number of likely N-dealkylation sites (tertiary alicyclic amines) is 1. The van der Waals surface area contributed by atoms with Gasteiger partial charge in [0.1, 0.15) is 0 Å². The number of rotatable bonds is 4. The molecule has 1 N–H and O–H groups in total. The summed E-state index contributed by atoms with van der Waals surface area (Å²) in [4.78, 5) is 2.32. The largest absolute Gasteiger partial charge is 0.390 e. The van der Waals surface area contributed by atoms with Gasteiger partial charge in [-0.05, 0) is 32.9 Å². The van der Waals surface area contributed by atoms with Crippen LogP contribution in [0.1, 0.15) is 26.2 Å². The van der Waals surface area contributed by atoms with Crippen LogP contribution in [0.5, 0.6) is 0 Å². The fourth-order valence-corrected chi connectivity index (χ4v) is 2.14. The Kier molecular flexibility index (Phi) is 3.97. The summed E-state index contributed by atoms with van der Waals surface area (Å²) < 4.78 is 11.2. The second kappa shape index (κ2) is 5.25. The Morgan fingerprint density at radius 2 is 2.20 bits per heavy atom. The lowest BCUT2D eigenvalue weighted by atomic mass is 10.0. The van der Waals surface area contributed by atoms with E-state index in [9.17, 15) is 5.11 Å². The first-order valence-corrected chi connectivity index (χ1v) is 5.97. The van der Waals surface area contributed by atoms with Gasteiger partial charge in [0.15, 0.2) is 6.29 Å². The molecule has 2 fully saturated rings. The summed E-state index contributed by atoms with van der Waals surface area (Å²) in [5.41, 5.74) is 0. The van der Waals surface area contributed by atoms with Gasteiger partial charge in [0.25, 0.3) is 0 Å². The van der Waals surface area contributed by atoms with Crippen molar-refractivity contribution >= 4 is 0 Å². The van der Waals surface area contributed by atoms with E-state index < -0.39 is 0 Å². The maximum atomic E-state index is 9.82. The number of ether oxygens (including phenoxy) is 2. The summed E-state index contributed by atoms with van der Waals surface area (Å²) in [6, 6.07) is 0. The summed E-state index contributed by atoms with van der Waals surface area (Å²) >= 11 is 0. The van der Waals surface area contributed by atoms with Crippen LogP contribution in [0, 0.1) is 0 Å². The van der Waals surface area contributed by atoms with Crippen LogP contribution in [0.2, 0.25) is 0 Å². The SMILES string of the molecule is CCOC1CC[C@H](O)[C@@H](CN2CCC2)O1. The van der Waals surface area contributed by atoms with Gasteiger partial charge in [-0.1, -0.05) is 0 Å². The van der Waals surface area contributed by atoms with E-state index in [2.05, 4.69) is 4.90 Å². The molecule has 0 radical (unpaired) electrons. The summed E-state index contributed by atoms with van der Waals surface area (Å²) in [6.45, 7) is 5.79. The standard InChI is InChI=1S/C11H21NO3/c1-2-14-11-5-4-9(13)10(15-11)8-12-6-3-7-12/h9-11,13H,2-8H2,1H3/t9-,10+,11?/m0/s1. The molecule has 0 bridgehead atoms. The third kappa shape index (κ3) is 2.91. The van der Waals surface area contributed by atoms with E-state index in [1.54, 1.807) is 0 Å². The van der Waals surface area contributed by atoms with Crippen molar-refractivity contribution in [1.29, 1.82) is 0 Å². The van der Waals surface area contributed by atoms with Crippen molar-refractivity contribution in [2.45, 2.75) is 44.7 Å². The molecule has 0 aromatic heterocycles. The first-order chi connectivity index (χ1) is 7.29. The highest BCUT2D eigenvalue weighted by atomic mass is 16.7. The highest BCUT2D eigenvalue weighted by molar-refractivity contribution is 4.81. The molecule has 3 atom stereocenters. The molecule has 0 saturated carbocycles. The molecule has 0 spiro atoms. The highest BCUT2D eigenvalue weighted by Crippen LogP contribution is 2.22. The lowest BCUT2D eigenvalue weighted by Crippen LogP contribution is -2.50. The normalized spacial score (nSPS) is 37.6. The van der Waals surface area contributed by atoms with Gasteiger partial charge in [0, 0.05) is 19.6 Å². The van der Waals surface area contributed by atoms with Gasteiger partial charge in [0.05, 0.1) is 12.2 Å². The molecule has 0 aromatic rings. The molecule has 2 aliphatic heterocycles. The van der Waals surface area contributed by atoms with Crippen LogP contribution >= 0.6 is 0 Å². The first kappa shape index (κ1) is 11.3. The Hall–Kier alpha value is -0.160. The average molecular weight is 215 g/mol. The van der Waals surface area contributed by atoms with Gasteiger partial charge in [-0.3, -0.25) is 0 Å². The molecule has 0 aromatic carbocycles. The van der Waals surface area contributed by atoms with Crippen molar-refractivity contribution in [3.05, 3.63) is 0 Å². The summed E-state index contributed by atoms with van der Waals surface area (Å²) in [5.74, 6) is 0. The molecule has 2 saturated heterocycles. The van der Waals surface area contributed by atoms with E-state index in [-0.39, 0.29) is 18.5 Å². The van der Waals surface area contributed by atoms with E-state index in [0.29, 0.717) is 6.61 Å². The van der Waals surface area contributed by atoms with Crippen LogP contribution in [0.3, 0.4) is 0 Å². The Morgan fingerprint density at radius 3 is 2.80 bits per heavy atom. The molecule has 0 amide bonds. The van der Waals surface area contributed by atoms with Gasteiger partial charge in [-0.15, -0.1) is 0 Å². The van der Waals surface area contributed by atoms with Gasteiger partial charge in [-0.2, -0.15) is 0 Å². The number of hydrogen-bond acceptors (Lipinski definition) is 4. The molecule has 2 aliphatic rings. The zero-order chi connectivity index (χ0) is 10.7. The molecule has 2 rings (SSSR count). The van der Waals surface area contributed by atoms with Crippen molar-refractivity contribution in [3.8, 4) is 0 Å². The fourth-order valence-electron chi connectivity index (χ4n) is 2.14. The monoisotopic (exact) mass is 215 g/mol. The van der Waals surface area contributed by atoms with Crippen LogP contribution in [-0.4, -0.2) is 54.7 Å². The lowest BCUT2D eigenvalue weighted by molar-refractivity contribution is -0.225. The Morgan fingerprint density at radius 1 is 1.40 bits per heavy atom. The third-order valence-corrected chi connectivity index (χ3v) is 3.19. The first-order valence-electron chi connectivity index (χ1n) is 5.97. The highest BCUT2D eigenvalue weighted by Gasteiger charge is 2.32. The smallest absolute Gasteiger partial charge is 0.158 e. The predicted molar refractivity (Wildman–Crippen MR) is 56.6 cm³/mol. The number of nitrogens with zero attached hydrogens (tertiary/aromatic N) is 1. The maximum Gasteiger partial charge on any atom is 0.158 e. The fraction of sp³-hybridized carbons (Fsp3) is 1.00. The number of aliphatic hydroxyl groups excluding tert-OH is 1. The van der Waals surface area contributed by atoms with Gasteiger partial charge >= 0.3 is 0 Å². The molecule has 88 valence electrons.